The number of carbonyl (C=O) groups is 2. The molecule has 0 spiro atoms. The summed E-state index contributed by atoms with van der Waals surface area (Å²) in [6, 6.07) is 0. The van der Waals surface area contributed by atoms with Crippen molar-refractivity contribution in [2.75, 3.05) is 6.61 Å². The SMILES string of the molecule is C=C(C)C1(C=O)CCOC1=O. The van der Waals surface area contributed by atoms with Crippen LogP contribution in [0.2, 0.25) is 0 Å². The van der Waals surface area contributed by atoms with Gasteiger partial charge in [-0.15, -0.1) is 0 Å². The zero-order chi connectivity index (χ0) is 8.48. The van der Waals surface area contributed by atoms with Crippen molar-refractivity contribution in [1.29, 1.82) is 0 Å². The molecule has 1 heterocycles. The maximum Gasteiger partial charge on any atom is 0.323 e. The van der Waals surface area contributed by atoms with Crippen LogP contribution < -0.4 is 0 Å². The van der Waals surface area contributed by atoms with Gasteiger partial charge in [-0.3, -0.25) is 4.79 Å². The minimum atomic E-state index is -1.04. The topological polar surface area (TPSA) is 43.4 Å². The summed E-state index contributed by atoms with van der Waals surface area (Å²) in [4.78, 5) is 21.7. The maximum absolute atomic E-state index is 11.1. The van der Waals surface area contributed by atoms with Crippen LogP contribution in [0.3, 0.4) is 0 Å². The second kappa shape index (κ2) is 2.49. The number of cyclic esters (lactones) is 1. The van der Waals surface area contributed by atoms with Crippen molar-refractivity contribution >= 4 is 12.3 Å². The Bertz CT molecular complexity index is 219. The Hall–Kier alpha value is -1.12. The van der Waals surface area contributed by atoms with Crippen LogP contribution in [0.15, 0.2) is 12.2 Å². The van der Waals surface area contributed by atoms with Crippen molar-refractivity contribution in [3.8, 4) is 0 Å². The molecule has 0 aromatic heterocycles. The molecular weight excluding hydrogens is 144 g/mol. The summed E-state index contributed by atoms with van der Waals surface area (Å²) in [5, 5.41) is 0. The molecule has 0 saturated carbocycles. The molecule has 3 nitrogen and oxygen atoms in total. The van der Waals surface area contributed by atoms with Crippen LogP contribution in [0.5, 0.6) is 0 Å². The molecule has 1 unspecified atom stereocenters. The minimum Gasteiger partial charge on any atom is -0.465 e. The third-order valence-corrected chi connectivity index (χ3v) is 2.06. The Morgan fingerprint density at radius 2 is 2.45 bits per heavy atom. The lowest BCUT2D eigenvalue weighted by atomic mass is 9.82. The second-order valence-electron chi connectivity index (χ2n) is 2.76. The third kappa shape index (κ3) is 0.964. The number of ether oxygens (including phenoxy) is 1. The van der Waals surface area contributed by atoms with E-state index in [1.165, 1.54) is 0 Å². The Balaban J connectivity index is 3.00. The van der Waals surface area contributed by atoms with Crippen molar-refractivity contribution in [2.45, 2.75) is 13.3 Å². The van der Waals surface area contributed by atoms with Gasteiger partial charge in [0.05, 0.1) is 6.61 Å². The van der Waals surface area contributed by atoms with Crippen LogP contribution in [0.1, 0.15) is 13.3 Å². The molecule has 0 N–H and O–H groups in total. The van der Waals surface area contributed by atoms with Crippen LogP contribution in [0.25, 0.3) is 0 Å². The monoisotopic (exact) mass is 154 g/mol. The van der Waals surface area contributed by atoms with Gasteiger partial charge in [-0.25, -0.2) is 0 Å². The van der Waals surface area contributed by atoms with Crippen LogP contribution in [0, 0.1) is 5.41 Å². The quantitative estimate of drug-likeness (QED) is 0.254. The predicted octanol–water partition coefficient (Wildman–Crippen LogP) is 0.695. The van der Waals surface area contributed by atoms with E-state index in [2.05, 4.69) is 11.3 Å². The normalized spacial score (nSPS) is 29.7. The maximum atomic E-state index is 11.1. The van der Waals surface area contributed by atoms with E-state index in [0.717, 1.165) is 0 Å². The molecule has 1 aliphatic rings. The zero-order valence-corrected chi connectivity index (χ0v) is 6.42. The summed E-state index contributed by atoms with van der Waals surface area (Å²) in [7, 11) is 0. The average Bonchev–Trinajstić information content (AvgIpc) is 2.32. The van der Waals surface area contributed by atoms with Gasteiger partial charge in [0, 0.05) is 6.42 Å². The highest BCUT2D eigenvalue weighted by atomic mass is 16.5. The first kappa shape index (κ1) is 7.98. The molecule has 3 heteroatoms. The predicted molar refractivity (Wildman–Crippen MR) is 38.9 cm³/mol. The molecule has 1 fully saturated rings. The fraction of sp³-hybridized carbons (Fsp3) is 0.500. The molecule has 1 atom stereocenters. The van der Waals surface area contributed by atoms with Gasteiger partial charge in [0.1, 0.15) is 11.7 Å². The van der Waals surface area contributed by atoms with Crippen molar-refractivity contribution in [1.82, 2.24) is 0 Å². The zero-order valence-electron chi connectivity index (χ0n) is 6.42. The van der Waals surface area contributed by atoms with E-state index in [1.54, 1.807) is 6.92 Å². The first-order chi connectivity index (χ1) is 5.13. The Kier molecular flexibility index (Phi) is 1.81. The van der Waals surface area contributed by atoms with Crippen LogP contribution in [-0.2, 0) is 14.3 Å². The number of aldehydes is 1. The molecule has 1 saturated heterocycles. The highest BCUT2D eigenvalue weighted by Gasteiger charge is 2.45. The van der Waals surface area contributed by atoms with Crippen molar-refractivity contribution in [3.63, 3.8) is 0 Å². The van der Waals surface area contributed by atoms with E-state index in [-0.39, 0.29) is 0 Å². The fourth-order valence-corrected chi connectivity index (χ4v) is 1.13. The van der Waals surface area contributed by atoms with Gasteiger partial charge in [-0.05, 0) is 6.92 Å². The number of esters is 1. The standard InChI is InChI=1S/C8H10O3/c1-6(2)8(5-9)3-4-11-7(8)10/h5H,1,3-4H2,2H3. The number of hydrogen-bond acceptors (Lipinski definition) is 3. The Morgan fingerprint density at radius 1 is 1.82 bits per heavy atom. The molecule has 0 radical (unpaired) electrons. The summed E-state index contributed by atoms with van der Waals surface area (Å²) in [5.41, 5.74) is -0.477. The molecule has 60 valence electrons. The molecule has 0 bridgehead atoms. The lowest BCUT2D eigenvalue weighted by molar-refractivity contribution is -0.146. The number of carbonyl (C=O) groups excluding carboxylic acids is 2. The lowest BCUT2D eigenvalue weighted by Gasteiger charge is -2.15. The van der Waals surface area contributed by atoms with Crippen LogP contribution in [-0.4, -0.2) is 18.9 Å². The van der Waals surface area contributed by atoms with Gasteiger partial charge in [0.25, 0.3) is 0 Å². The van der Waals surface area contributed by atoms with Crippen molar-refractivity contribution < 1.29 is 14.3 Å². The van der Waals surface area contributed by atoms with E-state index < -0.39 is 11.4 Å². The molecule has 0 amide bonds. The fourth-order valence-electron chi connectivity index (χ4n) is 1.13. The largest absolute Gasteiger partial charge is 0.465 e. The van der Waals surface area contributed by atoms with Crippen molar-refractivity contribution in [3.05, 3.63) is 12.2 Å². The summed E-state index contributed by atoms with van der Waals surface area (Å²) in [6.45, 7) is 5.59. The van der Waals surface area contributed by atoms with Crippen LogP contribution >= 0.6 is 0 Å². The Labute approximate surface area is 65.0 Å². The van der Waals surface area contributed by atoms with Gasteiger partial charge in [0.15, 0.2) is 0 Å². The molecule has 0 aromatic carbocycles. The third-order valence-electron chi connectivity index (χ3n) is 2.06. The van der Waals surface area contributed by atoms with E-state index in [4.69, 9.17) is 0 Å². The summed E-state index contributed by atoms with van der Waals surface area (Å²) in [6.07, 6.45) is 1.06. The summed E-state index contributed by atoms with van der Waals surface area (Å²) in [5.74, 6) is -0.458. The first-order valence-electron chi connectivity index (χ1n) is 3.43. The van der Waals surface area contributed by atoms with Gasteiger partial charge >= 0.3 is 5.97 Å². The summed E-state index contributed by atoms with van der Waals surface area (Å²) >= 11 is 0. The highest BCUT2D eigenvalue weighted by molar-refractivity contribution is 5.98. The molecule has 11 heavy (non-hydrogen) atoms. The molecule has 0 aromatic rings. The van der Waals surface area contributed by atoms with E-state index in [1.807, 2.05) is 0 Å². The highest BCUT2D eigenvalue weighted by Crippen LogP contribution is 2.34. The molecular formula is C8H10O3. The Morgan fingerprint density at radius 3 is 2.64 bits per heavy atom. The van der Waals surface area contributed by atoms with E-state index in [9.17, 15) is 9.59 Å². The van der Waals surface area contributed by atoms with E-state index >= 15 is 0 Å². The smallest absolute Gasteiger partial charge is 0.323 e. The first-order valence-corrected chi connectivity index (χ1v) is 3.43. The van der Waals surface area contributed by atoms with Gasteiger partial charge in [-0.1, -0.05) is 12.2 Å². The second-order valence-corrected chi connectivity index (χ2v) is 2.76. The van der Waals surface area contributed by atoms with Crippen molar-refractivity contribution in [2.24, 2.45) is 5.41 Å². The average molecular weight is 154 g/mol. The van der Waals surface area contributed by atoms with E-state index in [0.29, 0.717) is 24.9 Å². The number of hydrogen-bond donors (Lipinski definition) is 0. The van der Waals surface area contributed by atoms with Gasteiger partial charge < -0.3 is 9.53 Å². The minimum absolute atomic E-state index is 0.324. The van der Waals surface area contributed by atoms with Crippen LogP contribution in [0.4, 0.5) is 0 Å². The molecule has 1 rings (SSSR count). The van der Waals surface area contributed by atoms with Gasteiger partial charge in [0.2, 0.25) is 0 Å². The molecule has 1 aliphatic heterocycles. The summed E-state index contributed by atoms with van der Waals surface area (Å²) < 4.78 is 4.69. The molecule has 0 aliphatic carbocycles. The number of rotatable bonds is 2. The lowest BCUT2D eigenvalue weighted by Crippen LogP contribution is -2.28. The van der Waals surface area contributed by atoms with Gasteiger partial charge in [-0.2, -0.15) is 0 Å².